The van der Waals surface area contributed by atoms with E-state index in [-0.39, 0.29) is 47.3 Å². The zero-order chi connectivity index (χ0) is 42.8. The first-order valence-electron chi connectivity index (χ1n) is 20.5. The summed E-state index contributed by atoms with van der Waals surface area (Å²) in [7, 11) is -2.62. The number of carbonyl (C=O) groups excluding carboxylic acids is 4. The predicted molar refractivity (Wildman–Crippen MR) is 223 cm³/mol. The lowest BCUT2D eigenvalue weighted by Crippen LogP contribution is -2.59. The van der Waals surface area contributed by atoms with E-state index in [1.807, 2.05) is 32.9 Å². The standard InChI is InChI=1S/C40H54FN5O9S.C2H6.3H2/c1-8-39(15-16-39)56(51,52)45-36(49)40-21-26(40)12-10-9-11-23(2)17-24(3)32(43-37(50)55-38(4,5)6)35(48)46-22-28(20-30(46)33(47)44-40)54-34-29-14-13-27(41)18-25(29)19-31(42-34)53-7;1-2;;;/h10,12-14,18-19,23-24,26,28,30,32H,8-9,11,15-17,20-22H2,1-7H3,(H,43,50)(H,44,47)(H,45,49);1-2H3;3*1H/b12-10-;;;;/t23-,24+,26+,28+,30-,32-,40+;;;;/m0..../s1. The molecule has 6 rings (SSSR count). The van der Waals surface area contributed by atoms with E-state index in [1.54, 1.807) is 33.8 Å². The number of pyridine rings is 1. The molecule has 2 saturated carbocycles. The molecule has 4 amide bonds. The summed E-state index contributed by atoms with van der Waals surface area (Å²) < 4.78 is 59.6. The molecule has 58 heavy (non-hydrogen) atoms. The van der Waals surface area contributed by atoms with Crippen LogP contribution < -0.4 is 24.8 Å². The van der Waals surface area contributed by atoms with E-state index in [2.05, 4.69) is 27.3 Å². The third-order valence-electron chi connectivity index (χ3n) is 11.6. The van der Waals surface area contributed by atoms with Gasteiger partial charge < -0.3 is 29.7 Å². The number of methoxy groups -OCH3 is 1. The van der Waals surface area contributed by atoms with E-state index >= 15 is 0 Å². The summed E-state index contributed by atoms with van der Waals surface area (Å²) in [6.45, 7) is 14.7. The average Bonchev–Trinajstić information content (AvgIpc) is 4.06. The highest BCUT2D eigenvalue weighted by Crippen LogP contribution is 2.49. The molecule has 0 spiro atoms. The summed E-state index contributed by atoms with van der Waals surface area (Å²) in [5.74, 6) is -3.00. The van der Waals surface area contributed by atoms with Crippen LogP contribution in [0.5, 0.6) is 11.8 Å². The van der Waals surface area contributed by atoms with Crippen LogP contribution in [0.15, 0.2) is 36.4 Å². The van der Waals surface area contributed by atoms with Gasteiger partial charge in [0.05, 0.1) is 18.4 Å². The van der Waals surface area contributed by atoms with Crippen LogP contribution in [0.1, 0.15) is 111 Å². The minimum absolute atomic E-state index is 0. The number of carbonyl (C=O) groups is 4. The smallest absolute Gasteiger partial charge is 0.408 e. The Balaban J connectivity index is 0.00000252. The molecule has 16 heteroatoms. The number of nitrogens with zero attached hydrogens (tertiary/aromatic N) is 2. The number of amides is 4. The van der Waals surface area contributed by atoms with Crippen LogP contribution in [0.2, 0.25) is 0 Å². The third-order valence-corrected chi connectivity index (χ3v) is 13.9. The minimum atomic E-state index is -4.04. The molecule has 1 saturated heterocycles. The van der Waals surface area contributed by atoms with Crippen molar-refractivity contribution in [2.75, 3.05) is 13.7 Å². The lowest BCUT2D eigenvalue weighted by atomic mass is 9.88. The molecule has 14 nitrogen and oxygen atoms in total. The Morgan fingerprint density at radius 2 is 1.83 bits per heavy atom. The van der Waals surface area contributed by atoms with Gasteiger partial charge in [-0.3, -0.25) is 19.1 Å². The normalized spacial score (nSPS) is 28.8. The van der Waals surface area contributed by atoms with Gasteiger partial charge in [-0.2, -0.15) is 4.98 Å². The first-order valence-corrected chi connectivity index (χ1v) is 21.9. The molecule has 0 bridgehead atoms. The summed E-state index contributed by atoms with van der Waals surface area (Å²) in [5.41, 5.74) is -2.42. The molecule has 3 heterocycles. The largest absolute Gasteiger partial charge is 0.481 e. The van der Waals surface area contributed by atoms with Crippen molar-refractivity contribution in [2.45, 2.75) is 141 Å². The quantitative estimate of drug-likeness (QED) is 0.243. The highest BCUT2D eigenvalue weighted by Gasteiger charge is 2.63. The van der Waals surface area contributed by atoms with Crippen molar-refractivity contribution < 1.29 is 50.5 Å². The van der Waals surface area contributed by atoms with Gasteiger partial charge in [-0.25, -0.2) is 17.6 Å². The Hall–Kier alpha value is -4.47. The molecule has 7 atom stereocenters. The fourth-order valence-electron chi connectivity index (χ4n) is 8.05. The molecule has 3 fully saturated rings. The molecular weight excluding hydrogens is 770 g/mol. The van der Waals surface area contributed by atoms with Gasteiger partial charge in [0.25, 0.3) is 5.91 Å². The number of sulfonamides is 1. The van der Waals surface area contributed by atoms with Crippen LogP contribution >= 0.6 is 0 Å². The number of ether oxygens (including phenoxy) is 3. The van der Waals surface area contributed by atoms with Crippen LogP contribution in [0, 0.1) is 23.6 Å². The van der Waals surface area contributed by atoms with E-state index < -0.39 is 79.6 Å². The number of allylic oxidation sites excluding steroid dienone is 1. The SMILES string of the molecule is CC.CCC1(S(=O)(=O)NC(=O)[C@@]23C[C@H]2/C=C\CC[C@H](C)C[C@@H](C)[C@H](NC(=O)OC(C)(C)C)C(=O)N2C[C@H](Oc4nc(OC)cc5cc(F)ccc45)C[C@H]2C(=O)N3)CC1.[HH].[HH].[HH]. The molecule has 4 aliphatic rings. The van der Waals surface area contributed by atoms with E-state index in [0.717, 1.165) is 6.42 Å². The number of halogens is 1. The second-order valence-electron chi connectivity index (χ2n) is 17.0. The van der Waals surface area contributed by atoms with Crippen LogP contribution in [0.4, 0.5) is 9.18 Å². The molecule has 1 aromatic carbocycles. The summed E-state index contributed by atoms with van der Waals surface area (Å²) in [6, 6.07) is 3.37. The Bertz CT molecular complexity index is 2030. The van der Waals surface area contributed by atoms with Crippen molar-refractivity contribution in [3.8, 4) is 11.8 Å². The summed E-state index contributed by atoms with van der Waals surface area (Å²) in [6.07, 6.45) is 5.50. The van der Waals surface area contributed by atoms with Gasteiger partial charge >= 0.3 is 6.09 Å². The van der Waals surface area contributed by atoms with Crippen LogP contribution in [-0.4, -0.2) is 89.8 Å². The van der Waals surface area contributed by atoms with Crippen LogP contribution in [0.25, 0.3) is 10.8 Å². The molecule has 2 aliphatic carbocycles. The van der Waals surface area contributed by atoms with E-state index in [9.17, 15) is 32.0 Å². The number of nitrogens with one attached hydrogen (secondary N) is 3. The molecule has 0 radical (unpaired) electrons. The topological polar surface area (TPSA) is 182 Å². The van der Waals surface area contributed by atoms with Gasteiger partial charge in [-0.05, 0) is 101 Å². The zero-order valence-electron chi connectivity index (χ0n) is 35.1. The molecule has 0 unspecified atom stereocenters. The van der Waals surface area contributed by atoms with Crippen molar-refractivity contribution >= 4 is 44.6 Å². The number of alkyl carbamates (subject to hydrolysis) is 1. The first-order chi connectivity index (χ1) is 27.3. The number of hydrogen-bond acceptors (Lipinski definition) is 10. The molecule has 326 valence electrons. The monoisotopic (exact) mass is 835 g/mol. The Kier molecular flexibility index (Phi) is 13.4. The molecule has 1 aromatic heterocycles. The van der Waals surface area contributed by atoms with E-state index in [1.165, 1.54) is 30.2 Å². The maximum absolute atomic E-state index is 14.8. The second-order valence-corrected chi connectivity index (χ2v) is 19.1. The maximum Gasteiger partial charge on any atom is 0.408 e. The van der Waals surface area contributed by atoms with Crippen LogP contribution in [-0.2, 0) is 29.1 Å². The van der Waals surface area contributed by atoms with E-state index in [4.69, 9.17) is 14.2 Å². The second kappa shape index (κ2) is 17.4. The lowest BCUT2D eigenvalue weighted by Gasteiger charge is -2.33. The van der Waals surface area contributed by atoms with Crippen LogP contribution in [0.3, 0.4) is 0 Å². The number of rotatable bonds is 8. The molecule has 2 aliphatic heterocycles. The van der Waals surface area contributed by atoms with Crippen molar-refractivity contribution in [1.82, 2.24) is 25.2 Å². The Morgan fingerprint density at radius 3 is 2.47 bits per heavy atom. The number of hydrogen-bond donors (Lipinski definition) is 3. The Labute approximate surface area is 345 Å². The highest BCUT2D eigenvalue weighted by molar-refractivity contribution is 7.91. The first kappa shape index (κ1) is 44.6. The van der Waals surface area contributed by atoms with Gasteiger partial charge in [0.2, 0.25) is 33.6 Å². The molecule has 2 aromatic rings. The molecule has 3 N–H and O–H groups in total. The lowest BCUT2D eigenvalue weighted by molar-refractivity contribution is -0.142. The number of benzene rings is 1. The number of aromatic nitrogens is 1. The Morgan fingerprint density at radius 1 is 1.12 bits per heavy atom. The highest BCUT2D eigenvalue weighted by atomic mass is 32.2. The van der Waals surface area contributed by atoms with Crippen molar-refractivity contribution in [1.29, 1.82) is 0 Å². The van der Waals surface area contributed by atoms with Crippen molar-refractivity contribution in [3.63, 3.8) is 0 Å². The van der Waals surface area contributed by atoms with Gasteiger partial charge in [-0.15, -0.1) is 0 Å². The predicted octanol–water partition coefficient (Wildman–Crippen LogP) is 6.66. The van der Waals surface area contributed by atoms with Crippen molar-refractivity contribution in [3.05, 3.63) is 42.2 Å². The average molecular weight is 836 g/mol. The fourth-order valence-corrected chi connectivity index (χ4v) is 9.71. The van der Waals surface area contributed by atoms with Gasteiger partial charge in [0, 0.05) is 28.1 Å². The van der Waals surface area contributed by atoms with Crippen molar-refractivity contribution in [2.24, 2.45) is 17.8 Å². The van der Waals surface area contributed by atoms with Gasteiger partial charge in [0.1, 0.15) is 35.1 Å². The minimum Gasteiger partial charge on any atom is -0.481 e. The maximum atomic E-state index is 14.8. The van der Waals surface area contributed by atoms with Gasteiger partial charge in [0.15, 0.2) is 0 Å². The summed E-state index contributed by atoms with van der Waals surface area (Å²) >= 11 is 0. The number of fused-ring (bicyclic) bond motifs is 3. The van der Waals surface area contributed by atoms with E-state index in [0.29, 0.717) is 42.9 Å². The molecular formula is C42H66FN5O9S. The third kappa shape index (κ3) is 9.69. The summed E-state index contributed by atoms with van der Waals surface area (Å²) in [5, 5.41) is 6.60. The zero-order valence-corrected chi connectivity index (χ0v) is 36.0. The summed E-state index contributed by atoms with van der Waals surface area (Å²) in [4.78, 5) is 62.4. The van der Waals surface area contributed by atoms with Gasteiger partial charge in [-0.1, -0.05) is 46.8 Å². The fraction of sp³-hybridized carbons (Fsp3) is 0.643.